The highest BCUT2D eigenvalue weighted by Crippen LogP contribution is 2.13. The molecule has 0 aliphatic heterocycles. The summed E-state index contributed by atoms with van der Waals surface area (Å²) in [5, 5.41) is 0. The van der Waals surface area contributed by atoms with Crippen LogP contribution in [0.1, 0.15) is 11.1 Å². The van der Waals surface area contributed by atoms with Crippen molar-refractivity contribution in [3.05, 3.63) is 72.6 Å². The van der Waals surface area contributed by atoms with Crippen LogP contribution < -0.4 is 4.57 Å². The second-order valence-electron chi connectivity index (χ2n) is 3.54. The smallest absolute Gasteiger partial charge is 0.167 e. The van der Waals surface area contributed by atoms with Crippen molar-refractivity contribution in [2.75, 3.05) is 0 Å². The zero-order chi connectivity index (χ0) is 10.7. The van der Waals surface area contributed by atoms with Gasteiger partial charge in [0.15, 0.2) is 12.4 Å². The molecule has 1 heterocycles. The Balaban J connectivity index is 2.42. The highest BCUT2D eigenvalue weighted by Gasteiger charge is 2.10. The van der Waals surface area contributed by atoms with E-state index >= 15 is 0 Å². The molecule has 2 aromatic rings. The number of pyridine rings is 1. The fraction of sp³-hybridized carbons (Fsp3) is 0.0714. The predicted molar refractivity (Wildman–Crippen MR) is 62.2 cm³/mol. The van der Waals surface area contributed by atoms with E-state index in [0.29, 0.717) is 0 Å². The van der Waals surface area contributed by atoms with E-state index in [1.807, 2.05) is 47.3 Å². The summed E-state index contributed by atoms with van der Waals surface area (Å²) < 4.78 is 2.03. The van der Waals surface area contributed by atoms with Crippen LogP contribution in [0, 0.1) is 6.92 Å². The lowest BCUT2D eigenvalue weighted by molar-refractivity contribution is -0.578. The zero-order valence-corrected chi connectivity index (χ0v) is 8.85. The Morgan fingerprint density at radius 3 is 2.33 bits per heavy atom. The molecule has 1 aromatic heterocycles. The molecule has 0 N–H and O–H groups in total. The molecule has 0 spiro atoms. The van der Waals surface area contributed by atoms with Gasteiger partial charge in [-0.25, -0.2) is 0 Å². The summed E-state index contributed by atoms with van der Waals surface area (Å²) in [6.07, 6.45) is 4.02. The minimum absolute atomic E-state index is 1.01. The maximum absolute atomic E-state index is 4.12. The Bertz CT molecular complexity index is 472. The van der Waals surface area contributed by atoms with Crippen LogP contribution in [0.5, 0.6) is 0 Å². The molecule has 0 unspecified atom stereocenters. The van der Waals surface area contributed by atoms with E-state index in [1.54, 1.807) is 0 Å². The van der Waals surface area contributed by atoms with Crippen LogP contribution in [0.3, 0.4) is 0 Å². The van der Waals surface area contributed by atoms with Gasteiger partial charge in [0.05, 0.1) is 0 Å². The lowest BCUT2D eigenvalue weighted by Crippen LogP contribution is -2.31. The first-order valence-electron chi connectivity index (χ1n) is 5.00. The number of aromatic nitrogens is 1. The third-order valence-corrected chi connectivity index (χ3v) is 2.48. The van der Waals surface area contributed by atoms with Crippen molar-refractivity contribution in [1.82, 2.24) is 0 Å². The van der Waals surface area contributed by atoms with Gasteiger partial charge in [0.25, 0.3) is 0 Å². The van der Waals surface area contributed by atoms with Crippen molar-refractivity contribution in [3.63, 3.8) is 0 Å². The van der Waals surface area contributed by atoms with Gasteiger partial charge in [0, 0.05) is 17.7 Å². The lowest BCUT2D eigenvalue weighted by atomic mass is 10.1. The molecule has 0 saturated carbocycles. The molecule has 74 valence electrons. The lowest BCUT2D eigenvalue weighted by Gasteiger charge is -2.03. The van der Waals surface area contributed by atoms with E-state index in [4.69, 9.17) is 0 Å². The van der Waals surface area contributed by atoms with Crippen LogP contribution in [-0.2, 0) is 0 Å². The number of nitrogens with zero attached hydrogens (tertiary/aromatic N) is 1. The normalized spacial score (nSPS) is 9.93. The third-order valence-electron chi connectivity index (χ3n) is 2.48. The summed E-state index contributed by atoms with van der Waals surface area (Å²) in [6, 6.07) is 14.3. The van der Waals surface area contributed by atoms with Crippen LogP contribution in [-0.4, -0.2) is 0 Å². The molecule has 2 rings (SSSR count). The molecule has 0 atom stereocenters. The summed E-state index contributed by atoms with van der Waals surface area (Å²) in [5.41, 5.74) is 3.45. The van der Waals surface area contributed by atoms with Crippen LogP contribution in [0.25, 0.3) is 5.70 Å². The molecule has 0 amide bonds. The number of aryl methyl sites for hydroxylation is 1. The Hall–Kier alpha value is -1.89. The molecule has 1 nitrogen and oxygen atoms in total. The van der Waals surface area contributed by atoms with E-state index in [9.17, 15) is 0 Å². The molecule has 0 fully saturated rings. The fourth-order valence-electron chi connectivity index (χ4n) is 1.61. The highest BCUT2D eigenvalue weighted by atomic mass is 14.9. The van der Waals surface area contributed by atoms with Crippen LogP contribution >= 0.6 is 0 Å². The van der Waals surface area contributed by atoms with Crippen molar-refractivity contribution in [2.45, 2.75) is 6.92 Å². The van der Waals surface area contributed by atoms with Crippen LogP contribution in [0.2, 0.25) is 0 Å². The van der Waals surface area contributed by atoms with Crippen LogP contribution in [0.4, 0.5) is 0 Å². The van der Waals surface area contributed by atoms with E-state index in [0.717, 1.165) is 5.70 Å². The second kappa shape index (κ2) is 4.09. The highest BCUT2D eigenvalue weighted by molar-refractivity contribution is 5.58. The first-order chi connectivity index (χ1) is 7.29. The van der Waals surface area contributed by atoms with Gasteiger partial charge in [-0.15, -0.1) is 0 Å². The molecule has 0 bridgehead atoms. The maximum Gasteiger partial charge on any atom is 0.210 e. The van der Waals surface area contributed by atoms with Gasteiger partial charge in [-0.05, 0) is 25.1 Å². The summed E-state index contributed by atoms with van der Waals surface area (Å²) in [7, 11) is 0. The summed E-state index contributed by atoms with van der Waals surface area (Å²) in [6.45, 7) is 6.22. The molecule has 0 radical (unpaired) electrons. The van der Waals surface area contributed by atoms with Gasteiger partial charge in [0.1, 0.15) is 0 Å². The molecule has 0 aliphatic rings. The average Bonchev–Trinajstić information content (AvgIpc) is 2.30. The number of hydrogen-bond donors (Lipinski definition) is 0. The predicted octanol–water partition coefficient (Wildman–Crippen LogP) is 2.80. The van der Waals surface area contributed by atoms with Crippen LogP contribution in [0.15, 0.2) is 61.4 Å². The number of rotatable bonds is 2. The fourth-order valence-corrected chi connectivity index (χ4v) is 1.61. The van der Waals surface area contributed by atoms with E-state index in [1.165, 1.54) is 11.1 Å². The Morgan fingerprint density at radius 2 is 1.67 bits per heavy atom. The van der Waals surface area contributed by atoms with E-state index < -0.39 is 0 Å². The van der Waals surface area contributed by atoms with E-state index in [-0.39, 0.29) is 0 Å². The summed E-state index contributed by atoms with van der Waals surface area (Å²) in [5.74, 6) is 0. The molecule has 0 aliphatic carbocycles. The SMILES string of the molecule is C=C(c1ccccc1C)[n+]1ccccc1. The minimum Gasteiger partial charge on any atom is -0.167 e. The quantitative estimate of drug-likeness (QED) is 0.650. The molecular weight excluding hydrogens is 182 g/mol. The molecule has 0 saturated heterocycles. The summed E-state index contributed by atoms with van der Waals surface area (Å²) >= 11 is 0. The Kier molecular flexibility index (Phi) is 2.64. The summed E-state index contributed by atoms with van der Waals surface area (Å²) in [4.78, 5) is 0. The van der Waals surface area contributed by atoms with Crippen molar-refractivity contribution < 1.29 is 4.57 Å². The third kappa shape index (κ3) is 1.96. The van der Waals surface area contributed by atoms with Gasteiger partial charge in [-0.2, -0.15) is 4.57 Å². The van der Waals surface area contributed by atoms with Gasteiger partial charge in [-0.1, -0.05) is 24.3 Å². The first-order valence-corrected chi connectivity index (χ1v) is 5.00. The van der Waals surface area contributed by atoms with Gasteiger partial charge in [-0.3, -0.25) is 0 Å². The number of hydrogen-bond acceptors (Lipinski definition) is 0. The maximum atomic E-state index is 4.12. The second-order valence-corrected chi connectivity index (χ2v) is 3.54. The molecule has 15 heavy (non-hydrogen) atoms. The zero-order valence-electron chi connectivity index (χ0n) is 8.85. The molecule has 1 aromatic carbocycles. The monoisotopic (exact) mass is 196 g/mol. The largest absolute Gasteiger partial charge is 0.210 e. The number of benzene rings is 1. The minimum atomic E-state index is 1.01. The van der Waals surface area contributed by atoms with Gasteiger partial charge >= 0.3 is 0 Å². The van der Waals surface area contributed by atoms with Crippen molar-refractivity contribution in [3.8, 4) is 0 Å². The van der Waals surface area contributed by atoms with Gasteiger partial charge < -0.3 is 0 Å². The standard InChI is InChI=1S/C14H14N/c1-12-8-4-5-9-14(12)13(2)15-10-6-3-7-11-15/h3-11H,2H2,1H3/q+1. The van der Waals surface area contributed by atoms with Crippen molar-refractivity contribution in [2.24, 2.45) is 0 Å². The Morgan fingerprint density at radius 1 is 1.00 bits per heavy atom. The Labute approximate surface area is 90.3 Å². The molecule has 1 heteroatoms. The van der Waals surface area contributed by atoms with Crippen molar-refractivity contribution >= 4 is 5.70 Å². The van der Waals surface area contributed by atoms with Crippen molar-refractivity contribution in [1.29, 1.82) is 0 Å². The topological polar surface area (TPSA) is 3.88 Å². The van der Waals surface area contributed by atoms with Gasteiger partial charge in [0.2, 0.25) is 5.70 Å². The first kappa shape index (κ1) is 9.66. The molecular formula is C14H14N+. The van der Waals surface area contributed by atoms with E-state index in [2.05, 4.69) is 25.6 Å². The average molecular weight is 196 g/mol.